The molecule has 0 spiro atoms. The molecule has 46 heavy (non-hydrogen) atoms. The SMILES string of the molecule is Cn1c(Cc2cccc3ccccc23)nnc1SCC(=O)Nc1ccc2nc(SCC(=O)Nc3cccc(C(F)(F)F)c3)sc2c1. The van der Waals surface area contributed by atoms with Gasteiger partial charge in [0.1, 0.15) is 5.82 Å². The van der Waals surface area contributed by atoms with Crippen LogP contribution in [0.2, 0.25) is 0 Å². The average molecular weight is 679 g/mol. The molecule has 0 aliphatic rings. The summed E-state index contributed by atoms with van der Waals surface area (Å²) in [7, 11) is 1.89. The zero-order chi connectivity index (χ0) is 32.3. The van der Waals surface area contributed by atoms with E-state index in [1.54, 1.807) is 12.1 Å². The molecular weight excluding hydrogens is 654 g/mol. The third-order valence-corrected chi connectivity index (χ3v) is 10.1. The average Bonchev–Trinajstić information content (AvgIpc) is 3.61. The van der Waals surface area contributed by atoms with Crippen LogP contribution >= 0.6 is 34.9 Å². The molecule has 2 N–H and O–H groups in total. The van der Waals surface area contributed by atoms with Crippen LogP contribution in [0.5, 0.6) is 0 Å². The summed E-state index contributed by atoms with van der Waals surface area (Å²) in [5.74, 6) is 0.272. The number of halogens is 3. The molecule has 2 heterocycles. The van der Waals surface area contributed by atoms with E-state index in [-0.39, 0.29) is 23.1 Å². The normalized spacial score (nSPS) is 11.7. The van der Waals surface area contributed by atoms with Gasteiger partial charge < -0.3 is 15.2 Å². The van der Waals surface area contributed by atoms with Crippen LogP contribution < -0.4 is 10.6 Å². The lowest BCUT2D eigenvalue weighted by atomic mass is 10.0. The molecule has 0 bridgehead atoms. The van der Waals surface area contributed by atoms with Crippen molar-refractivity contribution in [3.05, 3.63) is 102 Å². The van der Waals surface area contributed by atoms with Crippen LogP contribution in [0, 0.1) is 0 Å². The van der Waals surface area contributed by atoms with E-state index in [0.29, 0.717) is 27.1 Å². The molecule has 234 valence electrons. The summed E-state index contributed by atoms with van der Waals surface area (Å²) in [6, 6.07) is 24.2. The Balaban J connectivity index is 1.01. The lowest BCUT2D eigenvalue weighted by Gasteiger charge is -2.09. The summed E-state index contributed by atoms with van der Waals surface area (Å²) in [4.78, 5) is 29.6. The number of thiazole rings is 1. The number of amides is 2. The van der Waals surface area contributed by atoms with E-state index >= 15 is 0 Å². The maximum Gasteiger partial charge on any atom is 0.416 e. The van der Waals surface area contributed by atoms with Crippen LogP contribution in [-0.2, 0) is 29.2 Å². The van der Waals surface area contributed by atoms with Gasteiger partial charge in [0.25, 0.3) is 0 Å². The highest BCUT2D eigenvalue weighted by Crippen LogP contribution is 2.33. The fourth-order valence-electron chi connectivity index (χ4n) is 4.71. The van der Waals surface area contributed by atoms with Gasteiger partial charge in [-0.25, -0.2) is 4.98 Å². The fourth-order valence-corrected chi connectivity index (χ4v) is 7.35. The van der Waals surface area contributed by atoms with Crippen molar-refractivity contribution in [2.24, 2.45) is 7.05 Å². The predicted molar refractivity (Wildman–Crippen MR) is 178 cm³/mol. The largest absolute Gasteiger partial charge is 0.416 e. The Hall–Kier alpha value is -4.40. The number of hydrogen-bond donors (Lipinski definition) is 2. The van der Waals surface area contributed by atoms with Crippen molar-refractivity contribution in [1.29, 1.82) is 0 Å². The number of hydrogen-bond acceptors (Lipinski definition) is 8. The number of thioether (sulfide) groups is 2. The molecule has 0 aliphatic carbocycles. The van der Waals surface area contributed by atoms with E-state index in [1.165, 1.54) is 57.8 Å². The second kappa shape index (κ2) is 13.5. The maximum atomic E-state index is 12.9. The van der Waals surface area contributed by atoms with Gasteiger partial charge >= 0.3 is 6.18 Å². The number of aromatic nitrogens is 4. The van der Waals surface area contributed by atoms with Crippen molar-refractivity contribution in [1.82, 2.24) is 19.7 Å². The lowest BCUT2D eigenvalue weighted by Crippen LogP contribution is -2.14. The van der Waals surface area contributed by atoms with Gasteiger partial charge in [-0.15, -0.1) is 21.5 Å². The molecule has 14 heteroatoms. The van der Waals surface area contributed by atoms with Crippen molar-refractivity contribution in [2.45, 2.75) is 22.1 Å². The molecule has 6 rings (SSSR count). The Kier molecular flexibility index (Phi) is 9.29. The monoisotopic (exact) mass is 678 g/mol. The van der Waals surface area contributed by atoms with Gasteiger partial charge in [-0.2, -0.15) is 13.2 Å². The van der Waals surface area contributed by atoms with Crippen molar-refractivity contribution < 1.29 is 22.8 Å². The molecule has 6 aromatic rings. The minimum absolute atomic E-state index is 0.0252. The number of nitrogens with zero attached hydrogens (tertiary/aromatic N) is 4. The van der Waals surface area contributed by atoms with Crippen LogP contribution in [0.1, 0.15) is 17.0 Å². The van der Waals surface area contributed by atoms with Gasteiger partial charge in [0.05, 0.1) is 27.3 Å². The third-order valence-electron chi connectivity index (χ3n) is 6.94. The lowest BCUT2D eigenvalue weighted by molar-refractivity contribution is -0.137. The first kappa shape index (κ1) is 31.6. The molecule has 0 aliphatic heterocycles. The third kappa shape index (κ3) is 7.52. The van der Waals surface area contributed by atoms with Gasteiger partial charge in [0, 0.05) is 24.8 Å². The molecule has 0 radical (unpaired) electrons. The zero-order valence-corrected chi connectivity index (χ0v) is 26.6. The Labute approximate surface area is 273 Å². The molecule has 0 saturated carbocycles. The van der Waals surface area contributed by atoms with E-state index in [0.717, 1.165) is 28.2 Å². The van der Waals surface area contributed by atoms with E-state index in [1.807, 2.05) is 35.9 Å². The summed E-state index contributed by atoms with van der Waals surface area (Å²) in [6.07, 6.45) is -3.87. The Morgan fingerprint density at radius 1 is 0.848 bits per heavy atom. The number of anilines is 2. The van der Waals surface area contributed by atoms with E-state index in [4.69, 9.17) is 0 Å². The summed E-state index contributed by atoms with van der Waals surface area (Å²) in [6.45, 7) is 0. The minimum Gasteiger partial charge on any atom is -0.325 e. The van der Waals surface area contributed by atoms with Gasteiger partial charge in [0.2, 0.25) is 11.8 Å². The Morgan fingerprint density at radius 2 is 1.57 bits per heavy atom. The number of carbonyl (C=O) groups is 2. The summed E-state index contributed by atoms with van der Waals surface area (Å²) >= 11 is 3.83. The Bertz CT molecular complexity index is 2060. The van der Waals surface area contributed by atoms with Crippen molar-refractivity contribution in [3.63, 3.8) is 0 Å². The fraction of sp³-hybridized carbons (Fsp3) is 0.156. The summed E-state index contributed by atoms with van der Waals surface area (Å²) in [5.41, 5.74) is 1.71. The van der Waals surface area contributed by atoms with E-state index < -0.39 is 17.6 Å². The van der Waals surface area contributed by atoms with Gasteiger partial charge in [-0.3, -0.25) is 9.59 Å². The summed E-state index contributed by atoms with van der Waals surface area (Å²) < 4.78 is 42.2. The molecular formula is C32H25F3N6O2S3. The topological polar surface area (TPSA) is 102 Å². The molecule has 0 unspecified atom stereocenters. The molecule has 0 atom stereocenters. The van der Waals surface area contributed by atoms with Crippen LogP contribution in [0.4, 0.5) is 24.5 Å². The highest BCUT2D eigenvalue weighted by molar-refractivity contribution is 8.01. The van der Waals surface area contributed by atoms with Crippen LogP contribution in [0.3, 0.4) is 0 Å². The molecule has 0 fully saturated rings. The van der Waals surface area contributed by atoms with Crippen molar-refractivity contribution >= 4 is 79.0 Å². The number of alkyl halides is 3. The van der Waals surface area contributed by atoms with E-state index in [2.05, 4.69) is 50.1 Å². The van der Waals surface area contributed by atoms with Crippen LogP contribution in [0.15, 0.2) is 94.4 Å². The van der Waals surface area contributed by atoms with Crippen molar-refractivity contribution in [2.75, 3.05) is 22.1 Å². The van der Waals surface area contributed by atoms with Crippen molar-refractivity contribution in [3.8, 4) is 0 Å². The number of carbonyl (C=O) groups excluding carboxylic acids is 2. The number of benzene rings is 4. The smallest absolute Gasteiger partial charge is 0.325 e. The van der Waals surface area contributed by atoms with Gasteiger partial charge in [-0.05, 0) is 52.7 Å². The standard InChI is InChI=1S/C32H25F3N6O2S3/c1-41-27(14-20-8-4-7-19-6-2-3-11-24(19)20)39-40-30(41)44-17-28(42)37-23-12-13-25-26(16-23)46-31(38-25)45-18-29(43)36-22-10-5-9-21(15-22)32(33,34)35/h2-13,15-16H,14,17-18H2,1H3,(H,36,43)(H,37,42). The first-order valence-electron chi connectivity index (χ1n) is 13.9. The quantitative estimate of drug-likeness (QED) is 0.144. The second-order valence-electron chi connectivity index (χ2n) is 10.2. The molecule has 0 saturated heterocycles. The van der Waals surface area contributed by atoms with Crippen LogP contribution in [0.25, 0.3) is 21.0 Å². The highest BCUT2D eigenvalue weighted by atomic mass is 32.2. The van der Waals surface area contributed by atoms with Gasteiger partial charge in [0.15, 0.2) is 9.50 Å². The second-order valence-corrected chi connectivity index (χ2v) is 13.4. The Morgan fingerprint density at radius 3 is 2.37 bits per heavy atom. The van der Waals surface area contributed by atoms with E-state index in [9.17, 15) is 22.8 Å². The first-order valence-corrected chi connectivity index (χ1v) is 16.7. The first-order chi connectivity index (χ1) is 22.1. The zero-order valence-electron chi connectivity index (χ0n) is 24.2. The number of fused-ring (bicyclic) bond motifs is 2. The summed E-state index contributed by atoms with van der Waals surface area (Å²) in [5, 5.41) is 17.0. The van der Waals surface area contributed by atoms with Crippen LogP contribution in [-0.4, -0.2) is 43.1 Å². The molecule has 2 amide bonds. The highest BCUT2D eigenvalue weighted by Gasteiger charge is 2.30. The molecule has 2 aromatic heterocycles. The molecule has 8 nitrogen and oxygen atoms in total. The number of rotatable bonds is 10. The van der Waals surface area contributed by atoms with Gasteiger partial charge in [-0.1, -0.05) is 72.1 Å². The number of nitrogens with one attached hydrogen (secondary N) is 2. The predicted octanol–water partition coefficient (Wildman–Crippen LogP) is 7.65. The maximum absolute atomic E-state index is 12.9. The molecule has 4 aromatic carbocycles. The minimum atomic E-state index is -4.49.